The van der Waals surface area contributed by atoms with Crippen molar-refractivity contribution < 1.29 is 13.2 Å². The quantitative estimate of drug-likeness (QED) is 0.879. The molecule has 0 spiro atoms. The van der Waals surface area contributed by atoms with Crippen LogP contribution in [0, 0.1) is 5.92 Å². The summed E-state index contributed by atoms with van der Waals surface area (Å²) in [5, 5.41) is 0. The van der Waals surface area contributed by atoms with Gasteiger partial charge in [0.05, 0.1) is 22.3 Å². The van der Waals surface area contributed by atoms with Gasteiger partial charge in [0.15, 0.2) is 0 Å². The third-order valence-corrected chi connectivity index (χ3v) is 5.26. The third-order valence-electron chi connectivity index (χ3n) is 3.80. The maximum absolute atomic E-state index is 12.3. The van der Waals surface area contributed by atoms with Crippen molar-refractivity contribution in [1.82, 2.24) is 14.7 Å². The number of imidazole rings is 1. The normalized spacial score (nSPS) is 19.9. The summed E-state index contributed by atoms with van der Waals surface area (Å²) in [6.45, 7) is 2.01. The second-order valence-corrected chi connectivity index (χ2v) is 7.12. The van der Waals surface area contributed by atoms with Gasteiger partial charge in [-0.05, 0) is 43.4 Å². The van der Waals surface area contributed by atoms with Crippen molar-refractivity contribution >= 4 is 21.1 Å². The number of H-pyrrole nitrogens is 1. The summed E-state index contributed by atoms with van der Waals surface area (Å²) in [7, 11) is -3.47. The summed E-state index contributed by atoms with van der Waals surface area (Å²) in [5.41, 5.74) is 1.48. The minimum absolute atomic E-state index is 0.263. The summed E-state index contributed by atoms with van der Waals surface area (Å²) in [6.07, 6.45) is 4.54. The molecule has 2 N–H and O–H groups in total. The van der Waals surface area contributed by atoms with Crippen molar-refractivity contribution in [3.63, 3.8) is 0 Å². The monoisotopic (exact) mass is 309 g/mol. The van der Waals surface area contributed by atoms with Crippen molar-refractivity contribution in [2.75, 3.05) is 19.8 Å². The Morgan fingerprint density at radius 2 is 2.33 bits per heavy atom. The Kier molecular flexibility index (Phi) is 4.23. The second-order valence-electron chi connectivity index (χ2n) is 5.35. The van der Waals surface area contributed by atoms with E-state index >= 15 is 0 Å². The molecule has 0 saturated carbocycles. The number of fused-ring (bicyclic) bond motifs is 1. The Balaban J connectivity index is 1.62. The molecule has 2 heterocycles. The highest BCUT2D eigenvalue weighted by atomic mass is 32.2. The lowest BCUT2D eigenvalue weighted by molar-refractivity contribution is 0.0523. The maximum atomic E-state index is 12.3. The van der Waals surface area contributed by atoms with E-state index in [0.29, 0.717) is 12.5 Å². The second kappa shape index (κ2) is 6.13. The number of rotatable bonds is 5. The Hall–Kier alpha value is -1.44. The van der Waals surface area contributed by atoms with Gasteiger partial charge in [0.25, 0.3) is 0 Å². The first-order chi connectivity index (χ1) is 10.1. The average Bonchev–Trinajstić information content (AvgIpc) is 2.95. The highest BCUT2D eigenvalue weighted by molar-refractivity contribution is 7.89. The number of benzene rings is 1. The summed E-state index contributed by atoms with van der Waals surface area (Å²) >= 11 is 0. The Morgan fingerprint density at radius 1 is 1.43 bits per heavy atom. The maximum Gasteiger partial charge on any atom is 0.240 e. The molecule has 1 aliphatic rings. The highest BCUT2D eigenvalue weighted by Gasteiger charge is 2.17. The van der Waals surface area contributed by atoms with Crippen LogP contribution in [-0.2, 0) is 14.8 Å². The van der Waals surface area contributed by atoms with Gasteiger partial charge in [0.1, 0.15) is 0 Å². The predicted molar refractivity (Wildman–Crippen MR) is 79.4 cm³/mol. The molecule has 7 heteroatoms. The van der Waals surface area contributed by atoms with Gasteiger partial charge in [-0.3, -0.25) is 0 Å². The van der Waals surface area contributed by atoms with Crippen LogP contribution < -0.4 is 4.72 Å². The molecule has 6 nitrogen and oxygen atoms in total. The molecule has 2 aromatic rings. The van der Waals surface area contributed by atoms with Crippen LogP contribution in [0.2, 0.25) is 0 Å². The Bertz CT molecular complexity index is 705. The van der Waals surface area contributed by atoms with Crippen LogP contribution in [-0.4, -0.2) is 38.1 Å². The Labute approximate surface area is 124 Å². The topological polar surface area (TPSA) is 84.1 Å². The summed E-state index contributed by atoms with van der Waals surface area (Å²) in [4.78, 5) is 7.26. The van der Waals surface area contributed by atoms with Crippen molar-refractivity contribution in [2.45, 2.75) is 24.2 Å². The molecule has 0 aliphatic carbocycles. The molecule has 1 fully saturated rings. The van der Waals surface area contributed by atoms with Crippen LogP contribution in [0.15, 0.2) is 29.4 Å². The number of nitrogens with zero attached hydrogens (tertiary/aromatic N) is 1. The van der Waals surface area contributed by atoms with Crippen LogP contribution in [0.4, 0.5) is 0 Å². The minimum atomic E-state index is -3.47. The molecule has 0 unspecified atom stereocenters. The fourth-order valence-electron chi connectivity index (χ4n) is 2.60. The van der Waals surface area contributed by atoms with Crippen molar-refractivity contribution in [3.05, 3.63) is 24.5 Å². The van der Waals surface area contributed by atoms with Crippen molar-refractivity contribution in [3.8, 4) is 0 Å². The van der Waals surface area contributed by atoms with Gasteiger partial charge in [-0.25, -0.2) is 18.1 Å². The largest absolute Gasteiger partial charge is 0.381 e. The molecular formula is C14H19N3O3S. The predicted octanol–water partition coefficient (Wildman–Crippen LogP) is 1.66. The molecule has 114 valence electrons. The van der Waals surface area contributed by atoms with E-state index in [0.717, 1.165) is 43.5 Å². The van der Waals surface area contributed by atoms with Gasteiger partial charge in [0.2, 0.25) is 10.0 Å². The number of aromatic amines is 1. The molecular weight excluding hydrogens is 290 g/mol. The standard InChI is InChI=1S/C14H19N3O3S/c18-21(19,17-6-5-11-2-1-7-20-9-11)12-3-4-13-14(8-12)16-10-15-13/h3-4,8,10-11,17H,1-2,5-7,9H2,(H,15,16)/t11-/m0/s1. The number of ether oxygens (including phenoxy) is 1. The van der Waals surface area contributed by atoms with E-state index in [1.807, 2.05) is 0 Å². The molecule has 3 rings (SSSR count). The fraction of sp³-hybridized carbons (Fsp3) is 0.500. The number of aromatic nitrogens is 2. The minimum Gasteiger partial charge on any atom is -0.381 e. The van der Waals surface area contributed by atoms with Gasteiger partial charge in [0, 0.05) is 19.8 Å². The van der Waals surface area contributed by atoms with E-state index < -0.39 is 10.0 Å². The van der Waals surface area contributed by atoms with E-state index in [1.165, 1.54) is 0 Å². The zero-order chi connectivity index (χ0) is 14.7. The van der Waals surface area contributed by atoms with E-state index in [-0.39, 0.29) is 4.90 Å². The van der Waals surface area contributed by atoms with Crippen LogP contribution in [0.5, 0.6) is 0 Å². The highest BCUT2D eigenvalue weighted by Crippen LogP contribution is 2.18. The lowest BCUT2D eigenvalue weighted by Gasteiger charge is -2.21. The summed E-state index contributed by atoms with van der Waals surface area (Å²) < 4.78 is 32.6. The molecule has 1 saturated heterocycles. The summed E-state index contributed by atoms with van der Waals surface area (Å²) in [6, 6.07) is 4.89. The lowest BCUT2D eigenvalue weighted by atomic mass is 9.99. The molecule has 0 amide bonds. The van der Waals surface area contributed by atoms with Gasteiger partial charge in [-0.15, -0.1) is 0 Å². The van der Waals surface area contributed by atoms with Gasteiger partial charge >= 0.3 is 0 Å². The molecule has 0 radical (unpaired) electrons. The van der Waals surface area contributed by atoms with E-state index in [4.69, 9.17) is 4.74 Å². The molecule has 1 aliphatic heterocycles. The van der Waals surface area contributed by atoms with Gasteiger partial charge in [-0.2, -0.15) is 0 Å². The summed E-state index contributed by atoms with van der Waals surface area (Å²) in [5.74, 6) is 0.455. The van der Waals surface area contributed by atoms with Crippen LogP contribution >= 0.6 is 0 Å². The molecule has 1 aromatic heterocycles. The number of hydrogen-bond donors (Lipinski definition) is 2. The first-order valence-corrected chi connectivity index (χ1v) is 8.64. The van der Waals surface area contributed by atoms with Crippen LogP contribution in [0.1, 0.15) is 19.3 Å². The molecule has 21 heavy (non-hydrogen) atoms. The van der Waals surface area contributed by atoms with Gasteiger partial charge in [-0.1, -0.05) is 0 Å². The number of hydrogen-bond acceptors (Lipinski definition) is 4. The number of nitrogens with one attached hydrogen (secondary N) is 2. The molecule has 0 bridgehead atoms. The first-order valence-electron chi connectivity index (χ1n) is 7.16. The zero-order valence-electron chi connectivity index (χ0n) is 11.7. The molecule has 1 aromatic carbocycles. The van der Waals surface area contributed by atoms with Crippen molar-refractivity contribution in [2.24, 2.45) is 5.92 Å². The van der Waals surface area contributed by atoms with E-state index in [1.54, 1.807) is 24.5 Å². The van der Waals surface area contributed by atoms with Crippen molar-refractivity contribution in [1.29, 1.82) is 0 Å². The lowest BCUT2D eigenvalue weighted by Crippen LogP contribution is -2.28. The first kappa shape index (κ1) is 14.5. The van der Waals surface area contributed by atoms with Crippen LogP contribution in [0.25, 0.3) is 11.0 Å². The smallest absolute Gasteiger partial charge is 0.240 e. The zero-order valence-corrected chi connectivity index (χ0v) is 12.5. The van der Waals surface area contributed by atoms with Gasteiger partial charge < -0.3 is 9.72 Å². The molecule has 1 atom stereocenters. The number of sulfonamides is 1. The average molecular weight is 309 g/mol. The fourth-order valence-corrected chi connectivity index (χ4v) is 3.67. The Morgan fingerprint density at radius 3 is 3.14 bits per heavy atom. The van der Waals surface area contributed by atoms with E-state index in [2.05, 4.69) is 14.7 Å². The van der Waals surface area contributed by atoms with Crippen LogP contribution in [0.3, 0.4) is 0 Å². The SMILES string of the molecule is O=S(=O)(NCC[C@@H]1CCCOC1)c1ccc2nc[nH]c2c1. The van der Waals surface area contributed by atoms with E-state index in [9.17, 15) is 8.42 Å². The third kappa shape index (κ3) is 3.42.